The van der Waals surface area contributed by atoms with Crippen LogP contribution in [0.2, 0.25) is 0 Å². The number of anilines is 1. The Labute approximate surface area is 122 Å². The predicted octanol–water partition coefficient (Wildman–Crippen LogP) is 3.36. The van der Waals surface area contributed by atoms with Crippen molar-refractivity contribution in [2.45, 2.75) is 44.3 Å². The molecule has 1 aliphatic carbocycles. The van der Waals surface area contributed by atoms with Gasteiger partial charge in [0.15, 0.2) is 0 Å². The fourth-order valence-corrected chi connectivity index (χ4v) is 3.39. The normalized spacial score (nSPS) is 27.2. The Kier molecular flexibility index (Phi) is 3.51. The van der Waals surface area contributed by atoms with Crippen LogP contribution in [0.3, 0.4) is 0 Å². The molecule has 0 amide bonds. The van der Waals surface area contributed by atoms with Crippen LogP contribution in [-0.4, -0.2) is 29.6 Å². The van der Waals surface area contributed by atoms with Gasteiger partial charge in [0.25, 0.3) is 0 Å². The number of hydrogen-bond acceptors (Lipinski definition) is 3. The molecule has 19 heavy (non-hydrogen) atoms. The molecule has 0 bridgehead atoms. The maximum absolute atomic E-state index is 9.20. The minimum atomic E-state index is 0.462. The molecule has 100 valence electrons. The quantitative estimate of drug-likeness (QED) is 0.928. The van der Waals surface area contributed by atoms with Gasteiger partial charge in [0.05, 0.1) is 11.3 Å². The Balaban J connectivity index is 1.70. The highest BCUT2D eigenvalue weighted by Gasteiger charge is 2.38. The summed E-state index contributed by atoms with van der Waals surface area (Å²) in [6.07, 6.45) is 3.88. The molecule has 4 heteroatoms. The Morgan fingerprint density at radius 2 is 2.21 bits per heavy atom. The maximum Gasteiger partial charge on any atom is 0.101 e. The van der Waals surface area contributed by atoms with Crippen molar-refractivity contribution in [1.29, 1.82) is 5.26 Å². The Hall–Kier alpha value is -1.05. The number of rotatable bonds is 3. The van der Waals surface area contributed by atoms with Gasteiger partial charge in [0, 0.05) is 29.1 Å². The first kappa shape index (κ1) is 13.0. The van der Waals surface area contributed by atoms with Gasteiger partial charge >= 0.3 is 0 Å². The summed E-state index contributed by atoms with van der Waals surface area (Å²) in [6.45, 7) is 3.42. The highest BCUT2D eigenvalue weighted by atomic mass is 79.9. The summed E-state index contributed by atoms with van der Waals surface area (Å²) in [4.78, 5) is 2.61. The molecular formula is C15H18BrN3. The summed E-state index contributed by atoms with van der Waals surface area (Å²) >= 11 is 3.41. The number of nitriles is 1. The number of likely N-dealkylation sites (tertiary alicyclic amines) is 1. The van der Waals surface area contributed by atoms with E-state index in [4.69, 9.17) is 0 Å². The third kappa shape index (κ3) is 2.77. The van der Waals surface area contributed by atoms with Crippen LogP contribution in [0.15, 0.2) is 22.7 Å². The minimum Gasteiger partial charge on any atom is -0.380 e. The second-order valence-electron chi connectivity index (χ2n) is 5.66. The number of halogens is 1. The molecule has 1 heterocycles. The molecule has 0 radical (unpaired) electrons. The number of benzene rings is 1. The zero-order valence-electron chi connectivity index (χ0n) is 11.1. The first-order chi connectivity index (χ1) is 9.17. The van der Waals surface area contributed by atoms with E-state index >= 15 is 0 Å². The van der Waals surface area contributed by atoms with Gasteiger partial charge in [-0.1, -0.05) is 15.9 Å². The maximum atomic E-state index is 9.20. The average molecular weight is 320 g/mol. The molecule has 3 nitrogen and oxygen atoms in total. The second-order valence-corrected chi connectivity index (χ2v) is 6.57. The van der Waals surface area contributed by atoms with Gasteiger partial charge in [-0.05, 0) is 44.4 Å². The molecule has 2 aliphatic rings. The molecule has 1 saturated heterocycles. The van der Waals surface area contributed by atoms with Crippen LogP contribution in [0.25, 0.3) is 0 Å². The Morgan fingerprint density at radius 3 is 2.89 bits per heavy atom. The van der Waals surface area contributed by atoms with Crippen LogP contribution >= 0.6 is 15.9 Å². The molecule has 1 N–H and O–H groups in total. The van der Waals surface area contributed by atoms with E-state index in [-0.39, 0.29) is 0 Å². The van der Waals surface area contributed by atoms with Gasteiger partial charge in [0.1, 0.15) is 6.07 Å². The number of hydrogen-bond donors (Lipinski definition) is 1. The molecule has 0 spiro atoms. The van der Waals surface area contributed by atoms with Crippen molar-refractivity contribution in [1.82, 2.24) is 4.90 Å². The van der Waals surface area contributed by atoms with Crippen molar-refractivity contribution in [3.8, 4) is 6.07 Å². The molecule has 2 fully saturated rings. The fraction of sp³-hybridized carbons (Fsp3) is 0.533. The lowest BCUT2D eigenvalue weighted by atomic mass is 10.1. The van der Waals surface area contributed by atoms with E-state index in [1.165, 1.54) is 12.8 Å². The molecule has 1 saturated carbocycles. The highest BCUT2D eigenvalue weighted by Crippen LogP contribution is 2.34. The van der Waals surface area contributed by atoms with Gasteiger partial charge < -0.3 is 5.32 Å². The van der Waals surface area contributed by atoms with Crippen LogP contribution in [0, 0.1) is 11.3 Å². The van der Waals surface area contributed by atoms with Gasteiger partial charge in [-0.15, -0.1) is 0 Å². The van der Waals surface area contributed by atoms with Gasteiger partial charge in [-0.3, -0.25) is 4.90 Å². The van der Waals surface area contributed by atoms with Gasteiger partial charge in [-0.2, -0.15) is 5.26 Å². The van der Waals surface area contributed by atoms with E-state index in [1.807, 2.05) is 18.2 Å². The van der Waals surface area contributed by atoms with E-state index in [2.05, 4.69) is 39.1 Å². The van der Waals surface area contributed by atoms with E-state index in [0.717, 1.165) is 29.2 Å². The minimum absolute atomic E-state index is 0.462. The van der Waals surface area contributed by atoms with Crippen molar-refractivity contribution in [2.75, 3.05) is 11.9 Å². The topological polar surface area (TPSA) is 39.1 Å². The molecular weight excluding hydrogens is 302 g/mol. The highest BCUT2D eigenvalue weighted by molar-refractivity contribution is 9.10. The number of nitrogens with one attached hydrogen (secondary N) is 1. The third-order valence-electron chi connectivity index (χ3n) is 4.10. The molecule has 1 aromatic rings. The van der Waals surface area contributed by atoms with Crippen LogP contribution in [0.1, 0.15) is 31.7 Å². The van der Waals surface area contributed by atoms with Crippen molar-refractivity contribution in [2.24, 2.45) is 0 Å². The van der Waals surface area contributed by atoms with Gasteiger partial charge in [0.2, 0.25) is 0 Å². The number of nitrogens with zero attached hydrogens (tertiary/aromatic N) is 2. The lowest BCUT2D eigenvalue weighted by Gasteiger charge is -2.20. The first-order valence-corrected chi connectivity index (χ1v) is 7.68. The van der Waals surface area contributed by atoms with Crippen molar-refractivity contribution < 1.29 is 0 Å². The standard InChI is InChI=1S/C15H18BrN3/c1-10-6-13(9-19(10)14-3-4-14)18-15-5-2-12(16)7-11(15)8-17/h2,5,7,10,13-14,18H,3-4,6,9H2,1H3. The zero-order chi connectivity index (χ0) is 13.4. The SMILES string of the molecule is CC1CC(Nc2ccc(Br)cc2C#N)CN1C1CC1. The van der Waals surface area contributed by atoms with E-state index in [0.29, 0.717) is 17.6 Å². The van der Waals surface area contributed by atoms with Crippen molar-refractivity contribution in [3.05, 3.63) is 28.2 Å². The lowest BCUT2D eigenvalue weighted by Crippen LogP contribution is -2.31. The molecule has 0 aromatic heterocycles. The van der Waals surface area contributed by atoms with Crippen molar-refractivity contribution >= 4 is 21.6 Å². The largest absolute Gasteiger partial charge is 0.380 e. The van der Waals surface area contributed by atoms with Crippen molar-refractivity contribution in [3.63, 3.8) is 0 Å². The molecule has 1 aromatic carbocycles. The summed E-state index contributed by atoms with van der Waals surface area (Å²) in [7, 11) is 0. The van der Waals surface area contributed by atoms with E-state index in [1.54, 1.807) is 0 Å². The summed E-state index contributed by atoms with van der Waals surface area (Å²) in [6, 6.07) is 10.1. The van der Waals surface area contributed by atoms with Crippen LogP contribution < -0.4 is 5.32 Å². The van der Waals surface area contributed by atoms with Crippen LogP contribution in [0.4, 0.5) is 5.69 Å². The summed E-state index contributed by atoms with van der Waals surface area (Å²) in [5, 5.41) is 12.7. The Bertz CT molecular complexity index is 519. The molecule has 2 unspecified atom stereocenters. The fourth-order valence-electron chi connectivity index (χ4n) is 3.03. The smallest absolute Gasteiger partial charge is 0.101 e. The lowest BCUT2D eigenvalue weighted by molar-refractivity contribution is 0.257. The van der Waals surface area contributed by atoms with Gasteiger partial charge in [-0.25, -0.2) is 0 Å². The average Bonchev–Trinajstić information content (AvgIpc) is 3.16. The van der Waals surface area contributed by atoms with Crippen LogP contribution in [0.5, 0.6) is 0 Å². The second kappa shape index (κ2) is 5.15. The third-order valence-corrected chi connectivity index (χ3v) is 4.59. The molecule has 2 atom stereocenters. The Morgan fingerprint density at radius 1 is 1.42 bits per heavy atom. The summed E-state index contributed by atoms with van der Waals surface area (Å²) in [5.74, 6) is 0. The molecule has 1 aliphatic heterocycles. The predicted molar refractivity (Wildman–Crippen MR) is 80.1 cm³/mol. The van der Waals surface area contributed by atoms with E-state index < -0.39 is 0 Å². The van der Waals surface area contributed by atoms with E-state index in [9.17, 15) is 5.26 Å². The zero-order valence-corrected chi connectivity index (χ0v) is 12.7. The first-order valence-electron chi connectivity index (χ1n) is 6.89. The summed E-state index contributed by atoms with van der Waals surface area (Å²) in [5.41, 5.74) is 1.67. The molecule has 3 rings (SSSR count). The van der Waals surface area contributed by atoms with Crippen LogP contribution in [-0.2, 0) is 0 Å². The summed E-state index contributed by atoms with van der Waals surface area (Å²) < 4.78 is 0.953. The monoisotopic (exact) mass is 319 g/mol.